The van der Waals surface area contributed by atoms with Crippen LogP contribution in [0.25, 0.3) is 0 Å². The predicted molar refractivity (Wildman–Crippen MR) is 73.9 cm³/mol. The number of carbonyl (C=O) groups is 1. The van der Waals surface area contributed by atoms with E-state index in [1.807, 2.05) is 27.7 Å². The SMILES string of the molecule is CC(C)CC1C(O)C(COC(C)C)OC(C(N)=O)C1O. The van der Waals surface area contributed by atoms with Crippen molar-refractivity contribution < 1.29 is 24.5 Å². The van der Waals surface area contributed by atoms with E-state index in [4.69, 9.17) is 15.2 Å². The Morgan fingerprint density at radius 3 is 2.30 bits per heavy atom. The van der Waals surface area contributed by atoms with Crippen molar-refractivity contribution >= 4 is 5.91 Å². The molecule has 0 radical (unpaired) electrons. The van der Waals surface area contributed by atoms with Gasteiger partial charge < -0.3 is 25.4 Å². The van der Waals surface area contributed by atoms with Gasteiger partial charge in [-0.25, -0.2) is 0 Å². The number of rotatable bonds is 6. The van der Waals surface area contributed by atoms with Crippen molar-refractivity contribution in [2.45, 2.75) is 64.6 Å². The molecule has 1 aliphatic heterocycles. The minimum Gasteiger partial charge on any atom is -0.390 e. The maximum Gasteiger partial charge on any atom is 0.249 e. The summed E-state index contributed by atoms with van der Waals surface area (Å²) in [7, 11) is 0. The van der Waals surface area contributed by atoms with Crippen molar-refractivity contribution in [2.75, 3.05) is 6.61 Å². The molecule has 6 nitrogen and oxygen atoms in total. The maximum atomic E-state index is 11.4. The Hall–Kier alpha value is -0.690. The molecule has 1 saturated heterocycles. The van der Waals surface area contributed by atoms with Crippen molar-refractivity contribution in [3.63, 3.8) is 0 Å². The third-order valence-corrected chi connectivity index (χ3v) is 3.51. The summed E-state index contributed by atoms with van der Waals surface area (Å²) < 4.78 is 10.9. The molecular formula is C14H27NO5. The third-order valence-electron chi connectivity index (χ3n) is 3.51. The molecule has 1 amide bonds. The van der Waals surface area contributed by atoms with Crippen molar-refractivity contribution in [1.82, 2.24) is 0 Å². The molecule has 0 aromatic rings. The van der Waals surface area contributed by atoms with Crippen molar-refractivity contribution in [3.8, 4) is 0 Å². The first-order chi connectivity index (χ1) is 9.23. The summed E-state index contributed by atoms with van der Waals surface area (Å²) in [6.45, 7) is 7.91. The van der Waals surface area contributed by atoms with Crippen LogP contribution < -0.4 is 5.73 Å². The van der Waals surface area contributed by atoms with E-state index in [0.29, 0.717) is 6.42 Å². The Balaban J connectivity index is 2.83. The number of aliphatic hydroxyl groups excluding tert-OH is 2. The number of nitrogens with two attached hydrogens (primary N) is 1. The molecule has 1 aliphatic rings. The average molecular weight is 289 g/mol. The van der Waals surface area contributed by atoms with Crippen LogP contribution in [0, 0.1) is 11.8 Å². The fourth-order valence-corrected chi connectivity index (χ4v) is 2.54. The summed E-state index contributed by atoms with van der Waals surface area (Å²) in [5.41, 5.74) is 5.27. The number of hydrogen-bond acceptors (Lipinski definition) is 5. The normalized spacial score (nSPS) is 34.7. The number of ether oxygens (including phenoxy) is 2. The molecule has 0 aromatic heterocycles. The lowest BCUT2D eigenvalue weighted by Gasteiger charge is -2.42. The summed E-state index contributed by atoms with van der Waals surface area (Å²) in [4.78, 5) is 11.4. The summed E-state index contributed by atoms with van der Waals surface area (Å²) in [5.74, 6) is -0.877. The Labute approximate surface area is 120 Å². The minimum absolute atomic E-state index is 0.00627. The molecule has 0 spiro atoms. The molecule has 20 heavy (non-hydrogen) atoms. The zero-order valence-corrected chi connectivity index (χ0v) is 12.7. The summed E-state index contributed by atoms with van der Waals surface area (Å²) in [5, 5.41) is 20.5. The van der Waals surface area contributed by atoms with Gasteiger partial charge >= 0.3 is 0 Å². The van der Waals surface area contributed by atoms with Crippen LogP contribution >= 0.6 is 0 Å². The highest BCUT2D eigenvalue weighted by Gasteiger charge is 2.46. The second kappa shape index (κ2) is 7.36. The van der Waals surface area contributed by atoms with Gasteiger partial charge in [-0.3, -0.25) is 4.79 Å². The number of carbonyl (C=O) groups excluding carboxylic acids is 1. The highest BCUT2D eigenvalue weighted by Crippen LogP contribution is 2.31. The zero-order valence-electron chi connectivity index (χ0n) is 12.7. The Bertz CT molecular complexity index is 321. The molecule has 5 atom stereocenters. The standard InChI is InChI=1S/C14H27NO5/c1-7(2)5-9-11(16)10(6-19-8(3)4)20-13(12(9)17)14(15)18/h7-13,16-17H,5-6H2,1-4H3,(H2,15,18). The van der Waals surface area contributed by atoms with E-state index in [2.05, 4.69) is 0 Å². The topological polar surface area (TPSA) is 102 Å². The van der Waals surface area contributed by atoms with Gasteiger partial charge in [0.2, 0.25) is 5.91 Å². The summed E-state index contributed by atoms with van der Waals surface area (Å²) in [6, 6.07) is 0. The zero-order chi connectivity index (χ0) is 15.4. The van der Waals surface area contributed by atoms with Gasteiger partial charge in [0.05, 0.1) is 24.9 Å². The predicted octanol–water partition coefficient (Wildman–Crippen LogP) is 0.0482. The molecule has 0 bridgehead atoms. The van der Waals surface area contributed by atoms with E-state index in [1.165, 1.54) is 0 Å². The second-order valence-electron chi connectivity index (χ2n) is 6.15. The van der Waals surface area contributed by atoms with Gasteiger partial charge in [-0.2, -0.15) is 0 Å². The highest BCUT2D eigenvalue weighted by molar-refractivity contribution is 5.79. The molecule has 1 fully saturated rings. The van der Waals surface area contributed by atoms with Crippen LogP contribution in [0.5, 0.6) is 0 Å². The van der Waals surface area contributed by atoms with Crippen molar-refractivity contribution in [2.24, 2.45) is 17.6 Å². The fraction of sp³-hybridized carbons (Fsp3) is 0.929. The van der Waals surface area contributed by atoms with E-state index < -0.39 is 36.2 Å². The van der Waals surface area contributed by atoms with E-state index in [1.54, 1.807) is 0 Å². The molecule has 0 aromatic carbocycles. The van der Waals surface area contributed by atoms with E-state index in [0.717, 1.165) is 0 Å². The van der Waals surface area contributed by atoms with E-state index in [9.17, 15) is 15.0 Å². The van der Waals surface area contributed by atoms with Crippen LogP contribution in [0.15, 0.2) is 0 Å². The third kappa shape index (κ3) is 4.41. The van der Waals surface area contributed by atoms with Crippen molar-refractivity contribution in [3.05, 3.63) is 0 Å². The Kier molecular flexibility index (Phi) is 6.39. The highest BCUT2D eigenvalue weighted by atomic mass is 16.6. The molecule has 5 unspecified atom stereocenters. The Morgan fingerprint density at radius 2 is 1.85 bits per heavy atom. The van der Waals surface area contributed by atoms with Gasteiger partial charge in [-0.1, -0.05) is 13.8 Å². The Morgan fingerprint density at radius 1 is 1.25 bits per heavy atom. The minimum atomic E-state index is -1.09. The van der Waals surface area contributed by atoms with Crippen LogP contribution in [0.3, 0.4) is 0 Å². The number of aliphatic hydroxyl groups is 2. The lowest BCUT2D eigenvalue weighted by molar-refractivity contribution is -0.215. The number of amides is 1. The lowest BCUT2D eigenvalue weighted by atomic mass is 9.80. The van der Waals surface area contributed by atoms with Gasteiger partial charge in [0.15, 0.2) is 6.10 Å². The maximum absolute atomic E-state index is 11.4. The number of hydrogen-bond donors (Lipinski definition) is 3. The first-order valence-electron chi connectivity index (χ1n) is 7.16. The molecule has 0 saturated carbocycles. The van der Waals surface area contributed by atoms with Gasteiger partial charge in [0.1, 0.15) is 6.10 Å². The largest absolute Gasteiger partial charge is 0.390 e. The monoisotopic (exact) mass is 289 g/mol. The second-order valence-corrected chi connectivity index (χ2v) is 6.15. The van der Waals surface area contributed by atoms with E-state index >= 15 is 0 Å². The lowest BCUT2D eigenvalue weighted by Crippen LogP contribution is -2.59. The van der Waals surface area contributed by atoms with E-state index in [-0.39, 0.29) is 18.6 Å². The quantitative estimate of drug-likeness (QED) is 0.641. The summed E-state index contributed by atoms with van der Waals surface area (Å²) in [6.07, 6.45) is -3.12. The first-order valence-corrected chi connectivity index (χ1v) is 7.16. The molecule has 0 aliphatic carbocycles. The van der Waals surface area contributed by atoms with Crippen LogP contribution in [-0.4, -0.2) is 53.2 Å². The van der Waals surface area contributed by atoms with Gasteiger partial charge in [0.25, 0.3) is 0 Å². The molecule has 4 N–H and O–H groups in total. The molecule has 6 heteroatoms. The molecule has 1 heterocycles. The van der Waals surface area contributed by atoms with Crippen LogP contribution in [0.4, 0.5) is 0 Å². The molecule has 118 valence electrons. The summed E-state index contributed by atoms with van der Waals surface area (Å²) >= 11 is 0. The number of primary amides is 1. The molecule has 1 rings (SSSR count). The van der Waals surface area contributed by atoms with Crippen molar-refractivity contribution in [1.29, 1.82) is 0 Å². The van der Waals surface area contributed by atoms with Gasteiger partial charge in [-0.05, 0) is 26.2 Å². The first kappa shape index (κ1) is 17.4. The van der Waals surface area contributed by atoms with Crippen LogP contribution in [0.1, 0.15) is 34.1 Å². The smallest absolute Gasteiger partial charge is 0.249 e. The van der Waals surface area contributed by atoms with Crippen LogP contribution in [-0.2, 0) is 14.3 Å². The van der Waals surface area contributed by atoms with Gasteiger partial charge in [0, 0.05) is 5.92 Å². The van der Waals surface area contributed by atoms with Gasteiger partial charge in [-0.15, -0.1) is 0 Å². The molecular weight excluding hydrogens is 262 g/mol. The fourth-order valence-electron chi connectivity index (χ4n) is 2.54. The van der Waals surface area contributed by atoms with Crippen LogP contribution in [0.2, 0.25) is 0 Å². The average Bonchev–Trinajstić information content (AvgIpc) is 2.32.